The number of ether oxygens (including phenoxy) is 1. The second-order valence-electron chi connectivity index (χ2n) is 4.97. The van der Waals surface area contributed by atoms with E-state index in [1.54, 1.807) is 0 Å². The van der Waals surface area contributed by atoms with Crippen molar-refractivity contribution in [1.29, 1.82) is 0 Å². The molecule has 14 heavy (non-hydrogen) atoms. The van der Waals surface area contributed by atoms with E-state index < -0.39 is 0 Å². The van der Waals surface area contributed by atoms with Gasteiger partial charge in [0.1, 0.15) is 0 Å². The molecule has 0 radical (unpaired) electrons. The summed E-state index contributed by atoms with van der Waals surface area (Å²) in [6.07, 6.45) is 6.95. The molecule has 2 nitrogen and oxygen atoms in total. The molecule has 3 unspecified atom stereocenters. The molecule has 1 saturated carbocycles. The monoisotopic (exact) mass is 217 g/mol. The van der Waals surface area contributed by atoms with Crippen molar-refractivity contribution in [1.82, 2.24) is 4.42 Å². The van der Waals surface area contributed by atoms with Crippen LogP contribution in [0.4, 0.5) is 0 Å². The lowest BCUT2D eigenvalue weighted by molar-refractivity contribution is 0.0853. The van der Waals surface area contributed by atoms with Gasteiger partial charge in [-0.05, 0) is 43.9 Å². The quantitative estimate of drug-likeness (QED) is 0.534. The molecule has 0 aromatic rings. The zero-order valence-electron chi connectivity index (χ0n) is 9.13. The number of epoxide rings is 1. The van der Waals surface area contributed by atoms with E-state index in [1.807, 2.05) is 11.5 Å². The minimum atomic E-state index is 0.186. The van der Waals surface area contributed by atoms with Crippen molar-refractivity contribution < 1.29 is 4.74 Å². The third-order valence-electron chi connectivity index (χ3n) is 4.02. The maximum Gasteiger partial charge on any atom is 0.0813 e. The fourth-order valence-electron chi connectivity index (χ4n) is 2.69. The molecule has 0 bridgehead atoms. The molecule has 3 atom stereocenters. The van der Waals surface area contributed by atoms with Gasteiger partial charge in [0.05, 0.1) is 12.7 Å². The van der Waals surface area contributed by atoms with Gasteiger partial charge in [0.15, 0.2) is 0 Å². The highest BCUT2D eigenvalue weighted by Gasteiger charge is 2.42. The van der Waals surface area contributed by atoms with Crippen LogP contribution in [0.2, 0.25) is 0 Å². The molecule has 1 saturated heterocycles. The van der Waals surface area contributed by atoms with Gasteiger partial charge in [-0.1, -0.05) is 12.8 Å². The molecule has 3 heteroatoms. The molecule has 1 heterocycles. The molecule has 0 amide bonds. The molecule has 1 aliphatic heterocycles. The first-order chi connectivity index (χ1) is 6.63. The van der Waals surface area contributed by atoms with Gasteiger partial charge < -0.3 is 4.74 Å². The van der Waals surface area contributed by atoms with E-state index in [0.717, 1.165) is 6.61 Å². The largest absolute Gasteiger partial charge is 0.373 e. The second-order valence-corrected chi connectivity index (χ2v) is 5.48. The summed E-state index contributed by atoms with van der Waals surface area (Å²) in [5.41, 5.74) is 0.186. The summed E-state index contributed by atoms with van der Waals surface area (Å²) < 4.78 is 7.22. The first kappa shape index (κ1) is 10.7. The van der Waals surface area contributed by atoms with Crippen molar-refractivity contribution in [3.8, 4) is 0 Å². The lowest BCUT2D eigenvalue weighted by Gasteiger charge is -2.44. The maximum atomic E-state index is 6.19. The minimum Gasteiger partial charge on any atom is -0.373 e. The standard InChI is InChI=1S/C11H20ClNO/c1-11(13(2)12)6-4-3-5-9(11)7-10-8-14-10/h9-10H,3-8H2,1-2H3. The van der Waals surface area contributed by atoms with E-state index in [0.29, 0.717) is 12.0 Å². The molecular weight excluding hydrogens is 198 g/mol. The van der Waals surface area contributed by atoms with Crippen LogP contribution in [0.5, 0.6) is 0 Å². The fraction of sp³-hybridized carbons (Fsp3) is 1.00. The van der Waals surface area contributed by atoms with Gasteiger partial charge in [0.25, 0.3) is 0 Å². The van der Waals surface area contributed by atoms with Crippen LogP contribution in [0.1, 0.15) is 39.0 Å². The fourth-order valence-corrected chi connectivity index (χ4v) is 2.91. The molecule has 0 aromatic heterocycles. The van der Waals surface area contributed by atoms with Gasteiger partial charge in [-0.25, -0.2) is 4.42 Å². The molecule has 0 aromatic carbocycles. The zero-order valence-corrected chi connectivity index (χ0v) is 9.89. The predicted molar refractivity (Wildman–Crippen MR) is 58.3 cm³/mol. The molecule has 0 N–H and O–H groups in total. The number of halogens is 1. The van der Waals surface area contributed by atoms with Crippen molar-refractivity contribution in [2.75, 3.05) is 13.7 Å². The van der Waals surface area contributed by atoms with Gasteiger partial charge >= 0.3 is 0 Å². The average Bonchev–Trinajstić information content (AvgIpc) is 2.92. The average molecular weight is 218 g/mol. The third-order valence-corrected chi connectivity index (χ3v) is 4.40. The van der Waals surface area contributed by atoms with E-state index >= 15 is 0 Å². The normalized spacial score (nSPS) is 42.9. The molecule has 2 fully saturated rings. The van der Waals surface area contributed by atoms with E-state index in [4.69, 9.17) is 16.5 Å². The molecule has 0 spiro atoms. The van der Waals surface area contributed by atoms with E-state index in [1.165, 1.54) is 32.1 Å². The summed E-state index contributed by atoms with van der Waals surface area (Å²) in [5, 5.41) is 0. The Bertz CT molecular complexity index is 205. The molecular formula is C11H20ClNO. The van der Waals surface area contributed by atoms with Crippen LogP contribution in [0, 0.1) is 5.92 Å². The summed E-state index contributed by atoms with van der Waals surface area (Å²) in [5.74, 6) is 0.714. The Hall–Kier alpha value is 0.210. The maximum absolute atomic E-state index is 6.19. The highest BCUT2D eigenvalue weighted by atomic mass is 35.5. The Kier molecular flexibility index (Phi) is 3.06. The van der Waals surface area contributed by atoms with Gasteiger partial charge in [0.2, 0.25) is 0 Å². The smallest absolute Gasteiger partial charge is 0.0813 e. The Morgan fingerprint density at radius 1 is 1.50 bits per heavy atom. The second kappa shape index (κ2) is 3.99. The van der Waals surface area contributed by atoms with Crippen LogP contribution in [0.3, 0.4) is 0 Å². The number of hydrogen-bond donors (Lipinski definition) is 0. The SMILES string of the molecule is CN(Cl)C1(C)CCCCC1CC1CO1. The first-order valence-electron chi connectivity index (χ1n) is 5.64. The van der Waals surface area contributed by atoms with Crippen LogP contribution in [-0.2, 0) is 4.74 Å². The number of hydrogen-bond acceptors (Lipinski definition) is 2. The van der Waals surface area contributed by atoms with Gasteiger partial charge in [-0.3, -0.25) is 0 Å². The van der Waals surface area contributed by atoms with Gasteiger partial charge in [0, 0.05) is 12.6 Å². The van der Waals surface area contributed by atoms with E-state index in [9.17, 15) is 0 Å². The molecule has 82 valence electrons. The molecule has 2 rings (SSSR count). The van der Waals surface area contributed by atoms with Crippen LogP contribution < -0.4 is 0 Å². The van der Waals surface area contributed by atoms with Crippen molar-refractivity contribution in [2.45, 2.75) is 50.7 Å². The topological polar surface area (TPSA) is 15.8 Å². The van der Waals surface area contributed by atoms with Crippen molar-refractivity contribution in [3.05, 3.63) is 0 Å². The minimum absolute atomic E-state index is 0.186. The van der Waals surface area contributed by atoms with Gasteiger partial charge in [-0.2, -0.15) is 0 Å². The lowest BCUT2D eigenvalue weighted by atomic mass is 9.72. The van der Waals surface area contributed by atoms with Crippen molar-refractivity contribution in [3.63, 3.8) is 0 Å². The lowest BCUT2D eigenvalue weighted by Crippen LogP contribution is -2.47. The van der Waals surface area contributed by atoms with E-state index in [2.05, 4.69) is 6.92 Å². The Labute approximate surface area is 91.7 Å². The van der Waals surface area contributed by atoms with E-state index in [-0.39, 0.29) is 5.54 Å². The van der Waals surface area contributed by atoms with Crippen LogP contribution >= 0.6 is 11.8 Å². The Morgan fingerprint density at radius 3 is 2.79 bits per heavy atom. The Balaban J connectivity index is 2.01. The molecule has 2 aliphatic rings. The number of rotatable bonds is 3. The highest BCUT2D eigenvalue weighted by Crippen LogP contribution is 2.42. The predicted octanol–water partition coefficient (Wildman–Crippen LogP) is 2.81. The summed E-state index contributed by atoms with van der Waals surface area (Å²) >= 11 is 6.19. The summed E-state index contributed by atoms with van der Waals surface area (Å²) in [6.45, 7) is 3.27. The summed E-state index contributed by atoms with van der Waals surface area (Å²) in [6, 6.07) is 0. The van der Waals surface area contributed by atoms with Crippen LogP contribution in [0.25, 0.3) is 0 Å². The summed E-state index contributed by atoms with van der Waals surface area (Å²) in [7, 11) is 1.99. The number of nitrogens with zero attached hydrogens (tertiary/aromatic N) is 1. The van der Waals surface area contributed by atoms with Crippen LogP contribution in [0.15, 0.2) is 0 Å². The van der Waals surface area contributed by atoms with Crippen molar-refractivity contribution in [2.24, 2.45) is 5.92 Å². The van der Waals surface area contributed by atoms with Crippen LogP contribution in [-0.4, -0.2) is 29.7 Å². The third kappa shape index (κ3) is 2.07. The Morgan fingerprint density at radius 2 is 2.21 bits per heavy atom. The first-order valence-corrected chi connectivity index (χ1v) is 5.98. The highest BCUT2D eigenvalue weighted by molar-refractivity contribution is 6.13. The summed E-state index contributed by atoms with van der Waals surface area (Å²) in [4.78, 5) is 0. The van der Waals surface area contributed by atoms with Gasteiger partial charge in [-0.15, -0.1) is 0 Å². The molecule has 1 aliphatic carbocycles. The zero-order chi connectivity index (χ0) is 10.2. The van der Waals surface area contributed by atoms with Crippen molar-refractivity contribution >= 4 is 11.8 Å².